The molecule has 0 aromatic carbocycles. The van der Waals surface area contributed by atoms with Crippen molar-refractivity contribution >= 4 is 16.8 Å². The maximum atomic E-state index is 12.1. The first-order chi connectivity index (χ1) is 3.90. The summed E-state index contributed by atoms with van der Waals surface area (Å²) in [4.78, 5) is 10.2. The number of hydrogen-bond acceptors (Lipinski definition) is 1. The fourth-order valence-corrected chi connectivity index (χ4v) is 0.818. The molecule has 0 bridgehead atoms. The molecule has 1 atom stereocenters. The van der Waals surface area contributed by atoms with E-state index in [1.54, 1.807) is 0 Å². The molecule has 0 heterocycles. The van der Waals surface area contributed by atoms with Gasteiger partial charge < -0.3 is 0 Å². The monoisotopic (exact) mass is 154 g/mol. The highest BCUT2D eigenvalue weighted by atomic mass is 35.5. The second kappa shape index (κ2) is 1.45. The predicted molar refractivity (Wildman–Crippen MR) is 28.5 cm³/mol. The molecule has 1 aliphatic rings. The summed E-state index contributed by atoms with van der Waals surface area (Å²) in [6.45, 7) is 1.17. The van der Waals surface area contributed by atoms with E-state index in [4.69, 9.17) is 11.6 Å². The molecule has 0 radical (unpaired) electrons. The van der Waals surface area contributed by atoms with Gasteiger partial charge in [-0.3, -0.25) is 4.79 Å². The highest BCUT2D eigenvalue weighted by Gasteiger charge is 2.72. The van der Waals surface area contributed by atoms with Crippen molar-refractivity contribution in [3.8, 4) is 0 Å². The van der Waals surface area contributed by atoms with E-state index in [0.29, 0.717) is 0 Å². The molecule has 1 aliphatic carbocycles. The number of alkyl halides is 2. The predicted octanol–water partition coefficient (Wildman–Crippen LogP) is 1.80. The highest BCUT2D eigenvalue weighted by Crippen LogP contribution is 2.61. The van der Waals surface area contributed by atoms with Crippen LogP contribution in [0.3, 0.4) is 0 Å². The van der Waals surface area contributed by atoms with E-state index in [0.717, 1.165) is 0 Å². The minimum Gasteiger partial charge on any atom is -0.280 e. The number of rotatable bonds is 1. The molecule has 1 rings (SSSR count). The zero-order valence-corrected chi connectivity index (χ0v) is 5.51. The number of halogens is 3. The third-order valence-corrected chi connectivity index (χ3v) is 2.11. The van der Waals surface area contributed by atoms with Crippen molar-refractivity contribution in [2.45, 2.75) is 19.3 Å². The Morgan fingerprint density at radius 3 is 2.00 bits per heavy atom. The number of hydrogen-bond donors (Lipinski definition) is 0. The Hall–Kier alpha value is -0.180. The molecular formula is C5H5ClF2O. The normalized spacial score (nSPS) is 38.2. The van der Waals surface area contributed by atoms with Crippen LogP contribution in [-0.4, -0.2) is 11.2 Å². The van der Waals surface area contributed by atoms with E-state index in [2.05, 4.69) is 0 Å². The van der Waals surface area contributed by atoms with Gasteiger partial charge in [-0.25, -0.2) is 8.78 Å². The zero-order chi connectivity index (χ0) is 7.28. The Labute approximate surface area is 56.0 Å². The van der Waals surface area contributed by atoms with Crippen LogP contribution >= 0.6 is 11.6 Å². The van der Waals surface area contributed by atoms with E-state index in [9.17, 15) is 13.6 Å². The molecule has 0 spiro atoms. The van der Waals surface area contributed by atoms with Crippen LogP contribution in [0.4, 0.5) is 8.78 Å². The first-order valence-corrected chi connectivity index (χ1v) is 2.86. The first-order valence-electron chi connectivity index (χ1n) is 2.48. The van der Waals surface area contributed by atoms with Gasteiger partial charge in [0, 0.05) is 6.42 Å². The molecule has 1 fully saturated rings. The molecule has 0 aliphatic heterocycles. The SMILES string of the molecule is CC1(C(=O)Cl)CC1(F)F. The molecule has 0 aromatic heterocycles. The number of carbonyl (C=O) groups is 1. The van der Waals surface area contributed by atoms with Crippen LogP contribution < -0.4 is 0 Å². The van der Waals surface area contributed by atoms with Gasteiger partial charge in [-0.15, -0.1) is 0 Å². The van der Waals surface area contributed by atoms with Gasteiger partial charge in [0.15, 0.2) is 0 Å². The van der Waals surface area contributed by atoms with Crippen LogP contribution in [0.2, 0.25) is 0 Å². The third kappa shape index (κ3) is 0.748. The van der Waals surface area contributed by atoms with Gasteiger partial charge in [0.1, 0.15) is 5.41 Å². The maximum absolute atomic E-state index is 12.1. The van der Waals surface area contributed by atoms with Crippen LogP contribution in [-0.2, 0) is 4.79 Å². The van der Waals surface area contributed by atoms with Gasteiger partial charge in [-0.1, -0.05) is 0 Å². The lowest BCUT2D eigenvalue weighted by Gasteiger charge is -1.99. The fraction of sp³-hybridized carbons (Fsp3) is 0.800. The summed E-state index contributed by atoms with van der Waals surface area (Å²) in [5.41, 5.74) is -1.56. The topological polar surface area (TPSA) is 17.1 Å². The molecule has 1 unspecified atom stereocenters. The maximum Gasteiger partial charge on any atom is 0.262 e. The van der Waals surface area contributed by atoms with Gasteiger partial charge in [-0.05, 0) is 18.5 Å². The molecule has 0 saturated heterocycles. The molecule has 1 nitrogen and oxygen atoms in total. The van der Waals surface area contributed by atoms with Gasteiger partial charge in [0.25, 0.3) is 5.92 Å². The summed E-state index contributed by atoms with van der Waals surface area (Å²) < 4.78 is 24.3. The van der Waals surface area contributed by atoms with Crippen molar-refractivity contribution in [2.24, 2.45) is 5.41 Å². The van der Waals surface area contributed by atoms with Gasteiger partial charge >= 0.3 is 0 Å². The van der Waals surface area contributed by atoms with E-state index < -0.39 is 23.0 Å². The minimum atomic E-state index is -2.86. The molecule has 1 saturated carbocycles. The van der Waals surface area contributed by atoms with Gasteiger partial charge in [0.2, 0.25) is 5.24 Å². The Morgan fingerprint density at radius 2 is 2.00 bits per heavy atom. The molecular weight excluding hydrogens is 150 g/mol. The second-order valence-electron chi connectivity index (χ2n) is 2.49. The summed E-state index contributed by atoms with van der Waals surface area (Å²) >= 11 is 4.88. The quantitative estimate of drug-likeness (QED) is 0.527. The Kier molecular flexibility index (Phi) is 1.12. The second-order valence-corrected chi connectivity index (χ2v) is 2.83. The minimum absolute atomic E-state index is 0.400. The average molecular weight is 155 g/mol. The number of carbonyl (C=O) groups excluding carboxylic acids is 1. The largest absolute Gasteiger partial charge is 0.280 e. The van der Waals surface area contributed by atoms with Crippen LogP contribution in [0.5, 0.6) is 0 Å². The summed E-state index contributed by atoms with van der Waals surface area (Å²) in [6, 6.07) is 0. The smallest absolute Gasteiger partial charge is 0.262 e. The van der Waals surface area contributed by atoms with Crippen molar-refractivity contribution in [1.82, 2.24) is 0 Å². The lowest BCUT2D eigenvalue weighted by Crippen LogP contribution is -2.13. The fourth-order valence-electron chi connectivity index (χ4n) is 0.613. The van der Waals surface area contributed by atoms with Crippen molar-refractivity contribution in [3.05, 3.63) is 0 Å². The molecule has 0 aromatic rings. The van der Waals surface area contributed by atoms with E-state index >= 15 is 0 Å². The van der Waals surface area contributed by atoms with E-state index in [1.165, 1.54) is 6.92 Å². The van der Waals surface area contributed by atoms with E-state index in [1.807, 2.05) is 0 Å². The summed E-state index contributed by atoms with van der Waals surface area (Å²) in [5, 5.41) is -0.937. The lowest BCUT2D eigenvalue weighted by molar-refractivity contribution is -0.118. The standard InChI is InChI=1S/C5H5ClF2O/c1-4(3(6)9)2-5(4,7)8/h2H2,1H3. The molecule has 9 heavy (non-hydrogen) atoms. The van der Waals surface area contributed by atoms with Crippen molar-refractivity contribution in [1.29, 1.82) is 0 Å². The van der Waals surface area contributed by atoms with Crippen molar-refractivity contribution in [2.75, 3.05) is 0 Å². The first kappa shape index (κ1) is 6.93. The lowest BCUT2D eigenvalue weighted by atomic mass is 10.2. The molecule has 52 valence electrons. The van der Waals surface area contributed by atoms with Crippen molar-refractivity contribution in [3.63, 3.8) is 0 Å². The van der Waals surface area contributed by atoms with Crippen molar-refractivity contribution < 1.29 is 13.6 Å². The Bertz CT molecular complexity index is 168. The summed E-state index contributed by atoms with van der Waals surface area (Å²) in [7, 11) is 0. The van der Waals surface area contributed by atoms with E-state index in [-0.39, 0.29) is 0 Å². The van der Waals surface area contributed by atoms with Crippen LogP contribution in [0.25, 0.3) is 0 Å². The molecule has 0 amide bonds. The van der Waals surface area contributed by atoms with Crippen LogP contribution in [0, 0.1) is 5.41 Å². The summed E-state index contributed by atoms with van der Waals surface area (Å²) in [6.07, 6.45) is -0.400. The van der Waals surface area contributed by atoms with Gasteiger partial charge in [-0.2, -0.15) is 0 Å². The molecule has 0 N–H and O–H groups in total. The Morgan fingerprint density at radius 1 is 1.67 bits per heavy atom. The third-order valence-electron chi connectivity index (χ3n) is 1.69. The highest BCUT2D eigenvalue weighted by molar-refractivity contribution is 6.65. The van der Waals surface area contributed by atoms with Gasteiger partial charge in [0.05, 0.1) is 0 Å². The zero-order valence-electron chi connectivity index (χ0n) is 4.75. The molecule has 4 heteroatoms. The van der Waals surface area contributed by atoms with Crippen LogP contribution in [0.1, 0.15) is 13.3 Å². The summed E-state index contributed by atoms with van der Waals surface area (Å²) in [5.74, 6) is -2.86. The van der Waals surface area contributed by atoms with Crippen LogP contribution in [0.15, 0.2) is 0 Å². The Balaban J connectivity index is 2.74. The average Bonchev–Trinajstić information content (AvgIpc) is 2.08.